The molecule has 148 valence electrons. The van der Waals surface area contributed by atoms with Crippen molar-refractivity contribution in [2.45, 2.75) is 33.1 Å². The van der Waals surface area contributed by atoms with Crippen molar-refractivity contribution in [1.29, 1.82) is 0 Å². The van der Waals surface area contributed by atoms with Crippen molar-refractivity contribution in [2.75, 3.05) is 17.7 Å². The number of carbonyl (C=O) groups excluding carboxylic acids is 1. The van der Waals surface area contributed by atoms with Crippen molar-refractivity contribution in [2.24, 2.45) is 5.92 Å². The lowest BCUT2D eigenvalue weighted by Gasteiger charge is -2.18. The molecule has 1 unspecified atom stereocenters. The molecule has 1 aliphatic carbocycles. The van der Waals surface area contributed by atoms with Gasteiger partial charge in [-0.25, -0.2) is 4.79 Å². The van der Waals surface area contributed by atoms with Crippen LogP contribution in [0.15, 0.2) is 18.2 Å². The number of nitrogens with zero attached hydrogens (tertiary/aromatic N) is 1. The van der Waals surface area contributed by atoms with Crippen LogP contribution >= 0.6 is 23.6 Å². The molecule has 1 atom stereocenters. The first kappa shape index (κ1) is 20.2. The Bertz CT molecular complexity index is 955. The fourth-order valence-corrected chi connectivity index (χ4v) is 4.99. The first-order valence-electron chi connectivity index (χ1n) is 8.86. The van der Waals surface area contributed by atoms with Crippen LogP contribution in [-0.2, 0) is 17.6 Å². The SMILES string of the molecule is COC(=O)c1c(NC(=S)Nc2ccc(C)c([N+](=O)[O-])c2)sc2c1CCC(C)C2. The second kappa shape index (κ2) is 8.24. The number of rotatable bonds is 4. The van der Waals surface area contributed by atoms with Gasteiger partial charge in [0, 0.05) is 22.2 Å². The van der Waals surface area contributed by atoms with E-state index in [1.807, 2.05) is 0 Å². The minimum Gasteiger partial charge on any atom is -0.465 e. The van der Waals surface area contributed by atoms with E-state index >= 15 is 0 Å². The fourth-order valence-electron chi connectivity index (χ4n) is 3.31. The summed E-state index contributed by atoms with van der Waals surface area (Å²) in [5, 5.41) is 18.1. The van der Waals surface area contributed by atoms with Gasteiger partial charge < -0.3 is 15.4 Å². The highest BCUT2D eigenvalue weighted by Crippen LogP contribution is 2.40. The summed E-state index contributed by atoms with van der Waals surface area (Å²) in [5.74, 6) is 0.186. The number of benzene rings is 1. The smallest absolute Gasteiger partial charge is 0.341 e. The van der Waals surface area contributed by atoms with Gasteiger partial charge in [0.05, 0.1) is 17.6 Å². The third-order valence-corrected chi connectivity index (χ3v) is 6.17. The average Bonchev–Trinajstić information content (AvgIpc) is 2.98. The predicted octanol–water partition coefficient (Wildman–Crippen LogP) is 4.69. The number of aryl methyl sites for hydroxylation is 1. The van der Waals surface area contributed by atoms with Crippen LogP contribution < -0.4 is 10.6 Å². The maximum Gasteiger partial charge on any atom is 0.341 e. The molecule has 2 N–H and O–H groups in total. The highest BCUT2D eigenvalue weighted by Gasteiger charge is 2.28. The maximum absolute atomic E-state index is 12.4. The Hall–Kier alpha value is -2.52. The largest absolute Gasteiger partial charge is 0.465 e. The number of ether oxygens (including phenoxy) is 1. The lowest BCUT2D eigenvalue weighted by Crippen LogP contribution is -2.20. The minimum absolute atomic E-state index is 0.0172. The van der Waals surface area contributed by atoms with Crippen molar-refractivity contribution in [3.05, 3.63) is 49.9 Å². The second-order valence-electron chi connectivity index (χ2n) is 6.88. The van der Waals surface area contributed by atoms with Gasteiger partial charge in [-0.3, -0.25) is 10.1 Å². The van der Waals surface area contributed by atoms with E-state index in [2.05, 4.69) is 17.6 Å². The Labute approximate surface area is 172 Å². The molecule has 1 heterocycles. The van der Waals surface area contributed by atoms with E-state index in [0.29, 0.717) is 27.7 Å². The number of anilines is 2. The van der Waals surface area contributed by atoms with Gasteiger partial charge in [-0.05, 0) is 56.0 Å². The van der Waals surface area contributed by atoms with Crippen LogP contribution in [0, 0.1) is 23.0 Å². The highest BCUT2D eigenvalue weighted by atomic mass is 32.1. The number of methoxy groups -OCH3 is 1. The molecule has 1 aromatic carbocycles. The molecule has 3 rings (SSSR count). The van der Waals surface area contributed by atoms with Crippen LogP contribution in [0.25, 0.3) is 0 Å². The Balaban J connectivity index is 1.83. The van der Waals surface area contributed by atoms with Gasteiger partial charge in [0.2, 0.25) is 0 Å². The summed E-state index contributed by atoms with van der Waals surface area (Å²) in [6, 6.07) is 4.82. The van der Waals surface area contributed by atoms with E-state index in [1.54, 1.807) is 19.1 Å². The number of fused-ring (bicyclic) bond motifs is 1. The van der Waals surface area contributed by atoms with Crippen molar-refractivity contribution in [1.82, 2.24) is 0 Å². The molecule has 9 heteroatoms. The van der Waals surface area contributed by atoms with E-state index in [1.165, 1.54) is 29.4 Å². The summed E-state index contributed by atoms with van der Waals surface area (Å²) < 4.78 is 4.97. The van der Waals surface area contributed by atoms with E-state index in [9.17, 15) is 14.9 Å². The van der Waals surface area contributed by atoms with Crippen LogP contribution in [0.5, 0.6) is 0 Å². The van der Waals surface area contributed by atoms with Crippen molar-refractivity contribution in [3.63, 3.8) is 0 Å². The minimum atomic E-state index is -0.430. The average molecular weight is 420 g/mol. The van der Waals surface area contributed by atoms with Gasteiger partial charge >= 0.3 is 5.97 Å². The Morgan fingerprint density at radius 1 is 1.39 bits per heavy atom. The molecule has 1 aromatic heterocycles. The van der Waals surface area contributed by atoms with Gasteiger partial charge in [-0.2, -0.15) is 0 Å². The number of hydrogen-bond acceptors (Lipinski definition) is 6. The molecule has 7 nitrogen and oxygen atoms in total. The summed E-state index contributed by atoms with van der Waals surface area (Å²) in [6.45, 7) is 3.88. The van der Waals surface area contributed by atoms with Crippen molar-refractivity contribution >= 4 is 51.0 Å². The molecule has 0 amide bonds. The van der Waals surface area contributed by atoms with Gasteiger partial charge in [0.1, 0.15) is 5.00 Å². The van der Waals surface area contributed by atoms with Crippen LogP contribution in [0.1, 0.15) is 39.7 Å². The van der Waals surface area contributed by atoms with Crippen LogP contribution in [-0.4, -0.2) is 23.1 Å². The number of nitro groups is 1. The topological polar surface area (TPSA) is 93.5 Å². The molecule has 0 fully saturated rings. The number of carbonyl (C=O) groups is 1. The fraction of sp³-hybridized carbons (Fsp3) is 0.368. The van der Waals surface area contributed by atoms with Gasteiger partial charge in [-0.15, -0.1) is 11.3 Å². The van der Waals surface area contributed by atoms with E-state index < -0.39 is 4.92 Å². The van der Waals surface area contributed by atoms with E-state index in [0.717, 1.165) is 24.8 Å². The summed E-state index contributed by atoms with van der Waals surface area (Å²) >= 11 is 6.88. The molecule has 0 saturated carbocycles. The number of nitro benzene ring substituents is 1. The predicted molar refractivity (Wildman–Crippen MR) is 115 cm³/mol. The quantitative estimate of drug-likeness (QED) is 0.321. The number of thiophene rings is 1. The summed E-state index contributed by atoms with van der Waals surface area (Å²) in [6.07, 6.45) is 2.79. The summed E-state index contributed by atoms with van der Waals surface area (Å²) in [7, 11) is 1.36. The normalized spacial score (nSPS) is 15.5. The van der Waals surface area contributed by atoms with Crippen LogP contribution in [0.3, 0.4) is 0 Å². The molecular weight excluding hydrogens is 398 g/mol. The zero-order valence-electron chi connectivity index (χ0n) is 15.8. The van der Waals surface area contributed by atoms with E-state index in [4.69, 9.17) is 17.0 Å². The Kier molecular flexibility index (Phi) is 5.95. The Morgan fingerprint density at radius 2 is 2.14 bits per heavy atom. The van der Waals surface area contributed by atoms with Crippen molar-refractivity contribution in [3.8, 4) is 0 Å². The number of hydrogen-bond donors (Lipinski definition) is 2. The second-order valence-corrected chi connectivity index (χ2v) is 8.40. The van der Waals surface area contributed by atoms with Crippen LogP contribution in [0.2, 0.25) is 0 Å². The van der Waals surface area contributed by atoms with Crippen LogP contribution in [0.4, 0.5) is 16.4 Å². The zero-order valence-corrected chi connectivity index (χ0v) is 17.5. The lowest BCUT2D eigenvalue weighted by molar-refractivity contribution is -0.385. The summed E-state index contributed by atoms with van der Waals surface area (Å²) in [4.78, 5) is 24.2. The van der Waals surface area contributed by atoms with Gasteiger partial charge in [-0.1, -0.05) is 13.0 Å². The number of nitrogens with one attached hydrogen (secondary N) is 2. The molecule has 0 saturated heterocycles. The first-order chi connectivity index (χ1) is 13.3. The lowest BCUT2D eigenvalue weighted by atomic mass is 9.88. The standard InChI is InChI=1S/C19H21N3O4S2/c1-10-4-7-13-15(8-10)28-17(16(13)18(23)26-3)21-19(27)20-12-6-5-11(2)14(9-12)22(24)25/h5-6,9-10H,4,7-8H2,1-3H3,(H2,20,21,27). The number of esters is 1. The third-order valence-electron chi connectivity index (χ3n) is 4.79. The molecule has 1 aliphatic rings. The Morgan fingerprint density at radius 3 is 2.82 bits per heavy atom. The molecule has 0 radical (unpaired) electrons. The third kappa shape index (κ3) is 4.15. The van der Waals surface area contributed by atoms with Gasteiger partial charge in [0.25, 0.3) is 5.69 Å². The summed E-state index contributed by atoms with van der Waals surface area (Å²) in [5.41, 5.74) is 2.66. The first-order valence-corrected chi connectivity index (χ1v) is 10.1. The number of thiocarbonyl (C=S) groups is 1. The van der Waals surface area contributed by atoms with Gasteiger partial charge in [0.15, 0.2) is 5.11 Å². The molecule has 0 bridgehead atoms. The monoisotopic (exact) mass is 419 g/mol. The molecule has 0 spiro atoms. The van der Waals surface area contributed by atoms with E-state index in [-0.39, 0.29) is 16.8 Å². The zero-order chi connectivity index (χ0) is 20.4. The molecule has 2 aromatic rings. The molecule has 0 aliphatic heterocycles. The maximum atomic E-state index is 12.4. The molecular formula is C19H21N3O4S2. The van der Waals surface area contributed by atoms with Crippen molar-refractivity contribution < 1.29 is 14.5 Å². The highest BCUT2D eigenvalue weighted by molar-refractivity contribution is 7.80. The molecule has 28 heavy (non-hydrogen) atoms.